The first kappa shape index (κ1) is 16.3. The van der Waals surface area contributed by atoms with E-state index in [1.165, 1.54) is 5.56 Å². The first-order valence-corrected chi connectivity index (χ1v) is 8.01. The third kappa shape index (κ3) is 5.31. The van der Waals surface area contributed by atoms with Crippen LogP contribution in [0.1, 0.15) is 24.5 Å². The highest BCUT2D eigenvalue weighted by atomic mass is 35.5. The molecule has 0 bridgehead atoms. The summed E-state index contributed by atoms with van der Waals surface area (Å²) in [5.41, 5.74) is 2.36. The summed E-state index contributed by atoms with van der Waals surface area (Å²) in [7, 11) is 0. The van der Waals surface area contributed by atoms with E-state index in [1.54, 1.807) is 12.3 Å². The lowest BCUT2D eigenvalue weighted by Crippen LogP contribution is -2.34. The molecule has 1 heterocycles. The van der Waals surface area contributed by atoms with Crippen molar-refractivity contribution in [3.05, 3.63) is 63.9 Å². The predicted molar refractivity (Wildman–Crippen MR) is 90.2 cm³/mol. The van der Waals surface area contributed by atoms with Gasteiger partial charge < -0.3 is 5.32 Å². The fourth-order valence-corrected chi connectivity index (χ4v) is 2.81. The summed E-state index contributed by atoms with van der Waals surface area (Å²) in [5, 5.41) is 5.00. The van der Waals surface area contributed by atoms with Gasteiger partial charge >= 0.3 is 0 Å². The van der Waals surface area contributed by atoms with Gasteiger partial charge in [0.2, 0.25) is 0 Å². The van der Waals surface area contributed by atoms with Crippen molar-refractivity contribution in [1.29, 1.82) is 0 Å². The van der Waals surface area contributed by atoms with Crippen molar-refractivity contribution in [2.45, 2.75) is 32.2 Å². The van der Waals surface area contributed by atoms with E-state index in [0.717, 1.165) is 36.4 Å². The summed E-state index contributed by atoms with van der Waals surface area (Å²) >= 11 is 12.2. The van der Waals surface area contributed by atoms with Crippen LogP contribution in [0, 0.1) is 0 Å². The zero-order valence-electron chi connectivity index (χ0n) is 12.2. The Morgan fingerprint density at radius 3 is 2.71 bits per heavy atom. The second kappa shape index (κ2) is 8.38. The van der Waals surface area contributed by atoms with Crippen molar-refractivity contribution in [3.8, 4) is 0 Å². The molecule has 1 unspecified atom stereocenters. The van der Waals surface area contributed by atoms with Gasteiger partial charge in [-0.15, -0.1) is 0 Å². The molecular weight excluding hydrogens is 303 g/mol. The van der Waals surface area contributed by atoms with Gasteiger partial charge in [0.15, 0.2) is 0 Å². The predicted octanol–water partition coefficient (Wildman–Crippen LogP) is 4.54. The van der Waals surface area contributed by atoms with Crippen LogP contribution in [0.4, 0.5) is 0 Å². The summed E-state index contributed by atoms with van der Waals surface area (Å²) in [6.07, 6.45) is 6.65. The number of rotatable bonds is 7. The molecule has 1 aromatic heterocycles. The van der Waals surface area contributed by atoms with Crippen molar-refractivity contribution in [2.75, 3.05) is 6.54 Å². The summed E-state index contributed by atoms with van der Waals surface area (Å²) < 4.78 is 0. The maximum Gasteiger partial charge on any atom is 0.0453 e. The van der Waals surface area contributed by atoms with Crippen LogP contribution >= 0.6 is 23.2 Å². The third-order valence-electron chi connectivity index (χ3n) is 3.37. The highest BCUT2D eigenvalue weighted by molar-refractivity contribution is 6.35. The van der Waals surface area contributed by atoms with Crippen LogP contribution in [0.3, 0.4) is 0 Å². The smallest absolute Gasteiger partial charge is 0.0453 e. The lowest BCUT2D eigenvalue weighted by atomic mass is 9.99. The Morgan fingerprint density at radius 1 is 1.19 bits per heavy atom. The molecule has 2 aromatic rings. The standard InChI is InChI=1S/C17H20Cl2N2/c1-2-7-21-16(9-13-4-3-8-20-12-13)10-14-5-6-15(18)11-17(14)19/h3-6,8,11-12,16,21H,2,7,9-10H2,1H3. The van der Waals surface area contributed by atoms with Crippen LogP contribution < -0.4 is 5.32 Å². The van der Waals surface area contributed by atoms with E-state index in [4.69, 9.17) is 23.2 Å². The number of hydrogen-bond acceptors (Lipinski definition) is 2. The van der Waals surface area contributed by atoms with Gasteiger partial charge in [0.1, 0.15) is 0 Å². The number of halogens is 2. The zero-order chi connectivity index (χ0) is 15.1. The number of benzene rings is 1. The average Bonchev–Trinajstić information content (AvgIpc) is 2.48. The highest BCUT2D eigenvalue weighted by Gasteiger charge is 2.12. The minimum Gasteiger partial charge on any atom is -0.313 e. The minimum absolute atomic E-state index is 0.341. The molecule has 0 amide bonds. The Hall–Kier alpha value is -1.09. The number of hydrogen-bond donors (Lipinski definition) is 1. The van der Waals surface area contributed by atoms with Crippen molar-refractivity contribution in [1.82, 2.24) is 10.3 Å². The maximum absolute atomic E-state index is 6.29. The van der Waals surface area contributed by atoms with Gasteiger partial charge in [0, 0.05) is 28.5 Å². The Kier molecular flexibility index (Phi) is 6.50. The van der Waals surface area contributed by atoms with E-state index in [0.29, 0.717) is 11.1 Å². The molecule has 0 aliphatic heterocycles. The third-order valence-corrected chi connectivity index (χ3v) is 3.96. The van der Waals surface area contributed by atoms with E-state index in [2.05, 4.69) is 23.3 Å². The molecular formula is C17H20Cl2N2. The molecule has 1 N–H and O–H groups in total. The molecule has 0 saturated heterocycles. The normalized spacial score (nSPS) is 12.3. The molecule has 0 aliphatic carbocycles. The average molecular weight is 323 g/mol. The van der Waals surface area contributed by atoms with Gasteiger partial charge in [-0.25, -0.2) is 0 Å². The first-order chi connectivity index (χ1) is 10.2. The molecule has 21 heavy (non-hydrogen) atoms. The number of aromatic nitrogens is 1. The molecule has 1 aromatic carbocycles. The molecule has 0 saturated carbocycles. The second-order valence-electron chi connectivity index (χ2n) is 5.16. The maximum atomic E-state index is 6.29. The van der Waals surface area contributed by atoms with E-state index < -0.39 is 0 Å². The van der Waals surface area contributed by atoms with Crippen molar-refractivity contribution < 1.29 is 0 Å². The number of pyridine rings is 1. The van der Waals surface area contributed by atoms with Gasteiger partial charge in [-0.1, -0.05) is 42.3 Å². The van der Waals surface area contributed by atoms with Crippen molar-refractivity contribution >= 4 is 23.2 Å². The molecule has 0 spiro atoms. The molecule has 1 atom stereocenters. The van der Waals surface area contributed by atoms with Crippen LogP contribution in [0.5, 0.6) is 0 Å². The first-order valence-electron chi connectivity index (χ1n) is 7.25. The van der Waals surface area contributed by atoms with Crippen molar-refractivity contribution in [3.63, 3.8) is 0 Å². The molecule has 0 aliphatic rings. The zero-order valence-corrected chi connectivity index (χ0v) is 13.7. The fourth-order valence-electron chi connectivity index (χ4n) is 2.32. The van der Waals surface area contributed by atoms with E-state index in [-0.39, 0.29) is 0 Å². The van der Waals surface area contributed by atoms with Crippen LogP contribution in [-0.2, 0) is 12.8 Å². The van der Waals surface area contributed by atoms with Crippen molar-refractivity contribution in [2.24, 2.45) is 0 Å². The van der Waals surface area contributed by atoms with Crippen LogP contribution in [-0.4, -0.2) is 17.6 Å². The minimum atomic E-state index is 0.341. The topological polar surface area (TPSA) is 24.9 Å². The number of nitrogens with one attached hydrogen (secondary N) is 1. The summed E-state index contributed by atoms with van der Waals surface area (Å²) in [6.45, 7) is 3.17. The lowest BCUT2D eigenvalue weighted by molar-refractivity contribution is 0.504. The van der Waals surface area contributed by atoms with E-state index in [9.17, 15) is 0 Å². The van der Waals surface area contributed by atoms with Gasteiger partial charge in [0.25, 0.3) is 0 Å². The van der Waals surface area contributed by atoms with Crippen LogP contribution in [0.25, 0.3) is 0 Å². The summed E-state index contributed by atoms with van der Waals surface area (Å²) in [4.78, 5) is 4.18. The molecule has 0 fully saturated rings. The Bertz CT molecular complexity index is 558. The van der Waals surface area contributed by atoms with Crippen LogP contribution in [0.2, 0.25) is 10.0 Å². The molecule has 2 nitrogen and oxygen atoms in total. The van der Waals surface area contributed by atoms with E-state index in [1.807, 2.05) is 24.4 Å². The second-order valence-corrected chi connectivity index (χ2v) is 6.00. The monoisotopic (exact) mass is 322 g/mol. The van der Waals surface area contributed by atoms with Gasteiger partial charge in [-0.3, -0.25) is 4.98 Å². The molecule has 112 valence electrons. The Morgan fingerprint density at radius 2 is 2.05 bits per heavy atom. The molecule has 4 heteroatoms. The largest absolute Gasteiger partial charge is 0.313 e. The SMILES string of the molecule is CCCNC(Cc1cccnc1)Cc1ccc(Cl)cc1Cl. The fraction of sp³-hybridized carbons (Fsp3) is 0.353. The molecule has 2 rings (SSSR count). The summed E-state index contributed by atoms with van der Waals surface area (Å²) in [6, 6.07) is 10.1. The lowest BCUT2D eigenvalue weighted by Gasteiger charge is -2.19. The quantitative estimate of drug-likeness (QED) is 0.809. The Balaban J connectivity index is 2.08. The Labute approximate surface area is 136 Å². The highest BCUT2D eigenvalue weighted by Crippen LogP contribution is 2.22. The van der Waals surface area contributed by atoms with E-state index >= 15 is 0 Å². The van der Waals surface area contributed by atoms with Gasteiger partial charge in [0.05, 0.1) is 0 Å². The van der Waals surface area contributed by atoms with Gasteiger partial charge in [-0.05, 0) is 55.1 Å². The summed E-state index contributed by atoms with van der Waals surface area (Å²) in [5.74, 6) is 0. The van der Waals surface area contributed by atoms with Crippen LogP contribution in [0.15, 0.2) is 42.7 Å². The number of nitrogens with zero attached hydrogens (tertiary/aromatic N) is 1. The van der Waals surface area contributed by atoms with Gasteiger partial charge in [-0.2, -0.15) is 0 Å². The molecule has 0 radical (unpaired) electrons.